The van der Waals surface area contributed by atoms with Crippen LogP contribution < -0.4 is 0 Å². The van der Waals surface area contributed by atoms with E-state index in [-0.39, 0.29) is 0 Å². The standard InChI is InChI=1S/C6H14N5/c1-10-6(7-8-9-10)5-11(2,3)4/h5H2,1-4H3/q+1. The Labute approximate surface area is 66.2 Å². The second-order valence-electron chi connectivity index (χ2n) is 3.67. The lowest BCUT2D eigenvalue weighted by Gasteiger charge is -2.22. The molecule has 1 aromatic rings. The SMILES string of the molecule is Cn1nnnc1C[N+](C)(C)C. The number of aryl methyl sites for hydroxylation is 1. The molecule has 0 radical (unpaired) electrons. The van der Waals surface area contributed by atoms with Crippen molar-refractivity contribution in [2.24, 2.45) is 7.05 Å². The Hall–Kier alpha value is -0.970. The molecule has 0 fully saturated rings. The largest absolute Gasteiger partial charge is 0.325 e. The van der Waals surface area contributed by atoms with Gasteiger partial charge in [-0.15, -0.1) is 5.10 Å². The van der Waals surface area contributed by atoms with Crippen molar-refractivity contribution in [2.45, 2.75) is 6.54 Å². The molecule has 0 N–H and O–H groups in total. The molecule has 1 rings (SSSR count). The topological polar surface area (TPSA) is 43.6 Å². The zero-order chi connectivity index (χ0) is 8.48. The Morgan fingerprint density at radius 3 is 2.36 bits per heavy atom. The molecule has 0 bridgehead atoms. The van der Waals surface area contributed by atoms with E-state index in [1.807, 2.05) is 7.05 Å². The van der Waals surface area contributed by atoms with Gasteiger partial charge in [0.05, 0.1) is 21.1 Å². The number of aromatic nitrogens is 4. The first-order valence-electron chi connectivity index (χ1n) is 3.51. The van der Waals surface area contributed by atoms with Crippen LogP contribution in [0.15, 0.2) is 0 Å². The quantitative estimate of drug-likeness (QED) is 0.538. The maximum Gasteiger partial charge on any atom is 0.205 e. The van der Waals surface area contributed by atoms with Gasteiger partial charge in [-0.1, -0.05) is 0 Å². The molecule has 0 unspecified atom stereocenters. The molecular formula is C6H14N5+. The van der Waals surface area contributed by atoms with Gasteiger partial charge in [-0.2, -0.15) is 0 Å². The van der Waals surface area contributed by atoms with Crippen LogP contribution >= 0.6 is 0 Å². The van der Waals surface area contributed by atoms with E-state index in [4.69, 9.17) is 0 Å². The Morgan fingerprint density at radius 1 is 1.36 bits per heavy atom. The molecular weight excluding hydrogens is 142 g/mol. The lowest BCUT2D eigenvalue weighted by atomic mass is 10.5. The molecule has 62 valence electrons. The third-order valence-corrected chi connectivity index (χ3v) is 1.32. The highest BCUT2D eigenvalue weighted by molar-refractivity contribution is 4.74. The molecule has 0 aliphatic carbocycles. The van der Waals surface area contributed by atoms with Crippen LogP contribution in [0.2, 0.25) is 0 Å². The number of hydrogen-bond acceptors (Lipinski definition) is 3. The van der Waals surface area contributed by atoms with Crippen molar-refractivity contribution >= 4 is 0 Å². The molecule has 0 aliphatic rings. The van der Waals surface area contributed by atoms with Gasteiger partial charge >= 0.3 is 0 Å². The molecule has 5 heteroatoms. The maximum atomic E-state index is 3.89. The van der Waals surface area contributed by atoms with Crippen LogP contribution in [0.5, 0.6) is 0 Å². The van der Waals surface area contributed by atoms with Crippen LogP contribution in [-0.2, 0) is 13.6 Å². The predicted octanol–water partition coefficient (Wildman–Crippen LogP) is -0.584. The predicted molar refractivity (Wildman–Crippen MR) is 40.5 cm³/mol. The van der Waals surface area contributed by atoms with Crippen LogP contribution in [0.3, 0.4) is 0 Å². The minimum atomic E-state index is 0.841. The lowest BCUT2D eigenvalue weighted by Crippen LogP contribution is -2.34. The van der Waals surface area contributed by atoms with Crippen LogP contribution in [0, 0.1) is 0 Å². The fourth-order valence-corrected chi connectivity index (χ4v) is 0.806. The van der Waals surface area contributed by atoms with E-state index in [1.165, 1.54) is 0 Å². The molecule has 1 heterocycles. The van der Waals surface area contributed by atoms with E-state index in [9.17, 15) is 0 Å². The van der Waals surface area contributed by atoms with Crippen molar-refractivity contribution < 1.29 is 4.48 Å². The number of hydrogen-bond donors (Lipinski definition) is 0. The van der Waals surface area contributed by atoms with E-state index in [2.05, 4.69) is 36.7 Å². The van der Waals surface area contributed by atoms with Gasteiger partial charge in [-0.05, 0) is 10.4 Å². The minimum absolute atomic E-state index is 0.841. The fraction of sp³-hybridized carbons (Fsp3) is 0.833. The normalized spacial score (nSPS) is 12.0. The minimum Gasteiger partial charge on any atom is -0.325 e. The van der Waals surface area contributed by atoms with Gasteiger partial charge in [0.2, 0.25) is 5.82 Å². The fourth-order valence-electron chi connectivity index (χ4n) is 0.806. The van der Waals surface area contributed by atoms with E-state index in [0.717, 1.165) is 16.9 Å². The van der Waals surface area contributed by atoms with E-state index in [0.29, 0.717) is 0 Å². The highest BCUT2D eigenvalue weighted by atomic mass is 15.5. The summed E-state index contributed by atoms with van der Waals surface area (Å²) < 4.78 is 2.54. The molecule has 5 nitrogen and oxygen atoms in total. The van der Waals surface area contributed by atoms with Crippen molar-refractivity contribution in [3.8, 4) is 0 Å². The first-order valence-corrected chi connectivity index (χ1v) is 3.51. The Bertz CT molecular complexity index is 233. The molecule has 0 spiro atoms. The van der Waals surface area contributed by atoms with Gasteiger partial charge in [-0.3, -0.25) is 0 Å². The summed E-state index contributed by atoms with van der Waals surface area (Å²) in [6.45, 7) is 0.851. The van der Waals surface area contributed by atoms with Crippen molar-refractivity contribution in [3.63, 3.8) is 0 Å². The molecule has 0 atom stereocenters. The first kappa shape index (κ1) is 8.13. The first-order chi connectivity index (χ1) is 4.99. The summed E-state index contributed by atoms with van der Waals surface area (Å²) in [5.74, 6) is 0.914. The summed E-state index contributed by atoms with van der Waals surface area (Å²) in [5.41, 5.74) is 0. The Balaban J connectivity index is 2.72. The van der Waals surface area contributed by atoms with Gasteiger partial charge < -0.3 is 4.48 Å². The molecule has 0 aliphatic heterocycles. The molecule has 1 aromatic heterocycles. The molecule has 11 heavy (non-hydrogen) atoms. The van der Waals surface area contributed by atoms with E-state index >= 15 is 0 Å². The average molecular weight is 156 g/mol. The smallest absolute Gasteiger partial charge is 0.205 e. The van der Waals surface area contributed by atoms with Crippen molar-refractivity contribution in [1.82, 2.24) is 20.2 Å². The molecule has 0 saturated heterocycles. The summed E-state index contributed by atoms with van der Waals surface area (Å²) in [7, 11) is 8.17. The van der Waals surface area contributed by atoms with Gasteiger partial charge in [0.15, 0.2) is 0 Å². The summed E-state index contributed by atoms with van der Waals surface area (Å²) in [5, 5.41) is 11.2. The molecule has 0 saturated carbocycles. The second-order valence-corrected chi connectivity index (χ2v) is 3.67. The van der Waals surface area contributed by atoms with Crippen LogP contribution in [-0.4, -0.2) is 45.8 Å². The number of tetrazole rings is 1. The van der Waals surface area contributed by atoms with Crippen molar-refractivity contribution in [3.05, 3.63) is 5.82 Å². The summed E-state index contributed by atoms with van der Waals surface area (Å²) >= 11 is 0. The van der Waals surface area contributed by atoms with Gasteiger partial charge in [0, 0.05) is 7.05 Å². The summed E-state index contributed by atoms with van der Waals surface area (Å²) in [6, 6.07) is 0. The van der Waals surface area contributed by atoms with Gasteiger partial charge in [-0.25, -0.2) is 4.68 Å². The van der Waals surface area contributed by atoms with Crippen molar-refractivity contribution in [2.75, 3.05) is 21.1 Å². The highest BCUT2D eigenvalue weighted by Crippen LogP contribution is 1.99. The van der Waals surface area contributed by atoms with E-state index < -0.39 is 0 Å². The third-order valence-electron chi connectivity index (χ3n) is 1.32. The summed E-state index contributed by atoms with van der Waals surface area (Å²) in [6.07, 6.45) is 0. The average Bonchev–Trinajstić information content (AvgIpc) is 2.12. The van der Waals surface area contributed by atoms with Gasteiger partial charge in [0.25, 0.3) is 0 Å². The second kappa shape index (κ2) is 2.58. The lowest BCUT2D eigenvalue weighted by molar-refractivity contribution is -0.884. The molecule has 0 amide bonds. The third kappa shape index (κ3) is 2.27. The van der Waals surface area contributed by atoms with E-state index in [1.54, 1.807) is 4.68 Å². The number of rotatable bonds is 2. The van der Waals surface area contributed by atoms with Crippen LogP contribution in [0.25, 0.3) is 0 Å². The van der Waals surface area contributed by atoms with Crippen molar-refractivity contribution in [1.29, 1.82) is 0 Å². The number of nitrogens with zero attached hydrogens (tertiary/aromatic N) is 5. The zero-order valence-corrected chi connectivity index (χ0v) is 7.44. The highest BCUT2D eigenvalue weighted by Gasteiger charge is 2.12. The number of quaternary nitrogens is 1. The van der Waals surface area contributed by atoms with Gasteiger partial charge in [0.1, 0.15) is 6.54 Å². The van der Waals surface area contributed by atoms with Crippen LogP contribution in [0.1, 0.15) is 5.82 Å². The maximum absolute atomic E-state index is 3.89. The zero-order valence-electron chi connectivity index (χ0n) is 7.44. The summed E-state index contributed by atoms with van der Waals surface area (Å²) in [4.78, 5) is 0. The molecule has 0 aromatic carbocycles. The monoisotopic (exact) mass is 156 g/mol. The Kier molecular flexibility index (Phi) is 1.90. The Morgan fingerprint density at radius 2 is 2.00 bits per heavy atom. The van der Waals surface area contributed by atoms with Crippen LogP contribution in [0.4, 0.5) is 0 Å².